The molecule has 0 radical (unpaired) electrons. The predicted octanol–water partition coefficient (Wildman–Crippen LogP) is 3.48. The fraction of sp³-hybridized carbons (Fsp3) is 0.533. The van der Waals surface area contributed by atoms with E-state index in [1.807, 2.05) is 6.07 Å². The highest BCUT2D eigenvalue weighted by Crippen LogP contribution is 2.44. The van der Waals surface area contributed by atoms with Gasteiger partial charge in [0.2, 0.25) is 0 Å². The Morgan fingerprint density at radius 2 is 2.12 bits per heavy atom. The fourth-order valence-corrected chi connectivity index (χ4v) is 2.55. The molecule has 1 saturated carbocycles. The van der Waals surface area contributed by atoms with Gasteiger partial charge < -0.3 is 4.74 Å². The maximum absolute atomic E-state index is 11.2. The first-order valence-corrected chi connectivity index (χ1v) is 6.40. The smallest absolute Gasteiger partial charge is 0.153 e. The summed E-state index contributed by atoms with van der Waals surface area (Å²) in [5, 5.41) is 0. The first-order chi connectivity index (χ1) is 8.09. The number of ether oxygens (including phenoxy) is 1. The van der Waals surface area contributed by atoms with E-state index in [2.05, 4.69) is 19.9 Å². The number of aryl methyl sites for hydroxylation is 1. The molecule has 0 atom stereocenters. The van der Waals surface area contributed by atoms with Crippen LogP contribution in [-0.2, 0) is 6.42 Å². The molecule has 0 saturated heterocycles. The van der Waals surface area contributed by atoms with Crippen LogP contribution in [0.1, 0.15) is 60.5 Å². The van der Waals surface area contributed by atoms with E-state index in [1.165, 1.54) is 24.0 Å². The number of hydrogen-bond acceptors (Lipinski definition) is 2. The number of aldehydes is 1. The minimum Gasteiger partial charge on any atom is -0.487 e. The lowest BCUT2D eigenvalue weighted by Gasteiger charge is -2.33. The monoisotopic (exact) mass is 230 g/mol. The van der Waals surface area contributed by atoms with Crippen molar-refractivity contribution in [3.8, 4) is 5.75 Å². The second-order valence-corrected chi connectivity index (χ2v) is 5.85. The van der Waals surface area contributed by atoms with Gasteiger partial charge in [-0.1, -0.05) is 6.07 Å². The molecule has 2 nitrogen and oxygen atoms in total. The van der Waals surface area contributed by atoms with Crippen molar-refractivity contribution >= 4 is 6.29 Å². The van der Waals surface area contributed by atoms with Gasteiger partial charge in [0.25, 0.3) is 0 Å². The third-order valence-corrected chi connectivity index (χ3v) is 3.77. The number of carbonyl (C=O) groups excluding carboxylic acids is 1. The Hall–Kier alpha value is -1.31. The Morgan fingerprint density at radius 3 is 2.76 bits per heavy atom. The van der Waals surface area contributed by atoms with Gasteiger partial charge in [-0.25, -0.2) is 0 Å². The standard InChI is InChI=1S/C15H18O2/c1-15(2)6-5-11-7-12(10-3-4-10)8-13(9-16)14(11)17-15/h7-10H,3-6H2,1-2H3. The first kappa shape index (κ1) is 10.8. The number of rotatable bonds is 2. The van der Waals surface area contributed by atoms with Crippen LogP contribution in [0.5, 0.6) is 5.75 Å². The van der Waals surface area contributed by atoms with E-state index in [9.17, 15) is 4.79 Å². The molecule has 17 heavy (non-hydrogen) atoms. The molecule has 2 heteroatoms. The minimum atomic E-state index is -0.147. The summed E-state index contributed by atoms with van der Waals surface area (Å²) in [7, 11) is 0. The normalized spacial score (nSPS) is 21.5. The van der Waals surface area contributed by atoms with E-state index in [-0.39, 0.29) is 5.60 Å². The molecule has 0 amide bonds. The largest absolute Gasteiger partial charge is 0.487 e. The average molecular weight is 230 g/mol. The lowest BCUT2D eigenvalue weighted by atomic mass is 9.91. The third-order valence-electron chi connectivity index (χ3n) is 3.77. The molecular weight excluding hydrogens is 212 g/mol. The zero-order chi connectivity index (χ0) is 12.0. The van der Waals surface area contributed by atoms with Crippen molar-refractivity contribution in [3.05, 3.63) is 28.8 Å². The minimum absolute atomic E-state index is 0.147. The van der Waals surface area contributed by atoms with Gasteiger partial charge >= 0.3 is 0 Å². The molecule has 2 aliphatic rings. The van der Waals surface area contributed by atoms with Crippen LogP contribution < -0.4 is 4.74 Å². The Kier molecular flexibility index (Phi) is 2.29. The third kappa shape index (κ3) is 1.97. The highest BCUT2D eigenvalue weighted by Gasteiger charge is 2.31. The van der Waals surface area contributed by atoms with Gasteiger partial charge in [0, 0.05) is 0 Å². The van der Waals surface area contributed by atoms with Crippen LogP contribution in [0, 0.1) is 0 Å². The second-order valence-electron chi connectivity index (χ2n) is 5.85. The van der Waals surface area contributed by atoms with Crippen LogP contribution in [0.25, 0.3) is 0 Å². The lowest BCUT2D eigenvalue weighted by molar-refractivity contribution is 0.0824. The molecule has 1 aliphatic carbocycles. The van der Waals surface area contributed by atoms with Crippen LogP contribution in [0.15, 0.2) is 12.1 Å². The molecule has 1 aromatic rings. The second kappa shape index (κ2) is 3.59. The summed E-state index contributed by atoms with van der Waals surface area (Å²) in [6, 6.07) is 4.26. The molecule has 0 aromatic heterocycles. The Balaban J connectivity index is 2.07. The van der Waals surface area contributed by atoms with Crippen LogP contribution in [0.2, 0.25) is 0 Å². The molecule has 90 valence electrons. The van der Waals surface area contributed by atoms with Crippen molar-refractivity contribution in [2.45, 2.75) is 51.0 Å². The first-order valence-electron chi connectivity index (χ1n) is 6.40. The topological polar surface area (TPSA) is 26.3 Å². The van der Waals surface area contributed by atoms with E-state index < -0.39 is 0 Å². The molecule has 1 heterocycles. The number of carbonyl (C=O) groups is 1. The SMILES string of the molecule is CC1(C)CCc2cc(C3CC3)cc(C=O)c2O1. The number of benzene rings is 1. The zero-order valence-electron chi connectivity index (χ0n) is 10.5. The summed E-state index contributed by atoms with van der Waals surface area (Å²) < 4.78 is 5.97. The van der Waals surface area contributed by atoms with Crippen molar-refractivity contribution in [2.24, 2.45) is 0 Å². The molecule has 0 bridgehead atoms. The molecule has 3 rings (SSSR count). The Morgan fingerprint density at radius 1 is 1.35 bits per heavy atom. The summed E-state index contributed by atoms with van der Waals surface area (Å²) in [6.45, 7) is 4.17. The predicted molar refractivity (Wildman–Crippen MR) is 66.8 cm³/mol. The van der Waals surface area contributed by atoms with Gasteiger partial charge in [0.05, 0.1) is 5.56 Å². The Bertz CT molecular complexity index is 470. The lowest BCUT2D eigenvalue weighted by Crippen LogP contribution is -2.33. The van der Waals surface area contributed by atoms with Crippen LogP contribution in [0.4, 0.5) is 0 Å². The van der Waals surface area contributed by atoms with Crippen LogP contribution in [-0.4, -0.2) is 11.9 Å². The molecule has 1 fully saturated rings. The van der Waals surface area contributed by atoms with Gasteiger partial charge in [-0.05, 0) is 62.6 Å². The van der Waals surface area contributed by atoms with Crippen LogP contribution >= 0.6 is 0 Å². The van der Waals surface area contributed by atoms with Crippen molar-refractivity contribution in [3.63, 3.8) is 0 Å². The van der Waals surface area contributed by atoms with Crippen molar-refractivity contribution in [1.82, 2.24) is 0 Å². The number of fused-ring (bicyclic) bond motifs is 1. The van der Waals surface area contributed by atoms with Crippen molar-refractivity contribution in [2.75, 3.05) is 0 Å². The van der Waals surface area contributed by atoms with Gasteiger partial charge in [-0.2, -0.15) is 0 Å². The van der Waals surface area contributed by atoms with E-state index in [0.29, 0.717) is 5.92 Å². The van der Waals surface area contributed by atoms with E-state index in [4.69, 9.17) is 4.74 Å². The summed E-state index contributed by atoms with van der Waals surface area (Å²) in [4.78, 5) is 11.2. The van der Waals surface area contributed by atoms with E-state index in [0.717, 1.165) is 30.4 Å². The Labute approximate surface area is 102 Å². The van der Waals surface area contributed by atoms with E-state index in [1.54, 1.807) is 0 Å². The van der Waals surface area contributed by atoms with Crippen LogP contribution in [0.3, 0.4) is 0 Å². The maximum atomic E-state index is 11.2. The van der Waals surface area contributed by atoms with Gasteiger partial charge in [0.1, 0.15) is 11.4 Å². The molecule has 0 N–H and O–H groups in total. The summed E-state index contributed by atoms with van der Waals surface area (Å²) >= 11 is 0. The zero-order valence-corrected chi connectivity index (χ0v) is 10.5. The highest BCUT2D eigenvalue weighted by molar-refractivity contribution is 5.81. The average Bonchev–Trinajstić information content (AvgIpc) is 3.10. The summed E-state index contributed by atoms with van der Waals surface area (Å²) in [5.41, 5.74) is 3.13. The van der Waals surface area contributed by atoms with Crippen molar-refractivity contribution in [1.29, 1.82) is 0 Å². The molecule has 0 spiro atoms. The van der Waals surface area contributed by atoms with Gasteiger partial charge in [-0.3, -0.25) is 4.79 Å². The van der Waals surface area contributed by atoms with Gasteiger partial charge in [-0.15, -0.1) is 0 Å². The highest BCUT2D eigenvalue weighted by atomic mass is 16.5. The summed E-state index contributed by atoms with van der Waals surface area (Å²) in [6.07, 6.45) is 5.51. The van der Waals surface area contributed by atoms with Crippen molar-refractivity contribution < 1.29 is 9.53 Å². The molecular formula is C15H18O2. The molecule has 1 aromatic carbocycles. The molecule has 0 unspecified atom stereocenters. The van der Waals surface area contributed by atoms with Gasteiger partial charge in [0.15, 0.2) is 6.29 Å². The van der Waals surface area contributed by atoms with E-state index >= 15 is 0 Å². The quantitative estimate of drug-likeness (QED) is 0.727. The maximum Gasteiger partial charge on any atom is 0.153 e. The molecule has 1 aliphatic heterocycles. The number of hydrogen-bond donors (Lipinski definition) is 0. The fourth-order valence-electron chi connectivity index (χ4n) is 2.55. The summed E-state index contributed by atoms with van der Waals surface area (Å²) in [5.74, 6) is 1.51.